The lowest BCUT2D eigenvalue weighted by atomic mass is 10.1. The Hall–Kier alpha value is -2.98. The van der Waals surface area contributed by atoms with E-state index in [1.807, 2.05) is 0 Å². The number of hydrogen-bond acceptors (Lipinski definition) is 10. The first-order valence-electron chi connectivity index (χ1n) is 10.5. The number of carbonyl (C=O) groups is 4. The van der Waals surface area contributed by atoms with Gasteiger partial charge in [0.1, 0.15) is 26.4 Å². The Morgan fingerprint density at radius 3 is 1.38 bits per heavy atom. The van der Waals surface area contributed by atoms with Crippen molar-refractivity contribution in [1.82, 2.24) is 0 Å². The predicted molar refractivity (Wildman–Crippen MR) is 109 cm³/mol. The van der Waals surface area contributed by atoms with Crippen LogP contribution in [-0.2, 0) is 38.0 Å². The average Bonchev–Trinajstić information content (AvgIpc) is 2.79. The second-order valence-electron chi connectivity index (χ2n) is 6.73. The molecule has 0 saturated heterocycles. The standard InChI is InChI=1S/C22H28O10/c23-19-6-1-2-7-20(24)30-13-9-28-11-15-32-22(26)18-5-3-4-17(16-18)21(25)31-14-10-27-8-12-29-19/h3-5,16H,1-2,6-15H2. The summed E-state index contributed by atoms with van der Waals surface area (Å²) in [6, 6.07) is 5.98. The maximum atomic E-state index is 12.1. The van der Waals surface area contributed by atoms with Gasteiger partial charge in [-0.1, -0.05) is 6.07 Å². The summed E-state index contributed by atoms with van der Waals surface area (Å²) >= 11 is 0. The van der Waals surface area contributed by atoms with Crippen molar-refractivity contribution in [3.05, 3.63) is 35.4 Å². The van der Waals surface area contributed by atoms with Gasteiger partial charge in [-0.25, -0.2) is 9.59 Å². The summed E-state index contributed by atoms with van der Waals surface area (Å²) in [5, 5.41) is 0. The van der Waals surface area contributed by atoms with Crippen LogP contribution in [0.1, 0.15) is 46.4 Å². The fourth-order valence-electron chi connectivity index (χ4n) is 2.64. The number of esters is 4. The Bertz CT molecular complexity index is 702. The summed E-state index contributed by atoms with van der Waals surface area (Å²) in [5.74, 6) is -1.94. The first-order valence-corrected chi connectivity index (χ1v) is 10.5. The van der Waals surface area contributed by atoms with Gasteiger partial charge in [-0.3, -0.25) is 9.59 Å². The molecule has 1 aliphatic rings. The monoisotopic (exact) mass is 452 g/mol. The summed E-state index contributed by atoms with van der Waals surface area (Å²) in [6.45, 7) is 0.778. The third kappa shape index (κ3) is 10.4. The van der Waals surface area contributed by atoms with Crippen LogP contribution in [0.15, 0.2) is 24.3 Å². The molecule has 2 rings (SSSR count). The molecule has 2 bridgehead atoms. The maximum Gasteiger partial charge on any atom is 0.338 e. The van der Waals surface area contributed by atoms with Crippen LogP contribution < -0.4 is 0 Å². The van der Waals surface area contributed by atoms with E-state index in [2.05, 4.69) is 0 Å². The Morgan fingerprint density at radius 1 is 0.531 bits per heavy atom. The van der Waals surface area contributed by atoms with E-state index in [9.17, 15) is 19.2 Å². The number of hydrogen-bond donors (Lipinski definition) is 0. The lowest BCUT2D eigenvalue weighted by Gasteiger charge is -2.08. The van der Waals surface area contributed by atoms with Crippen molar-refractivity contribution >= 4 is 23.9 Å². The fourth-order valence-corrected chi connectivity index (χ4v) is 2.64. The van der Waals surface area contributed by atoms with Gasteiger partial charge in [0, 0.05) is 12.8 Å². The summed E-state index contributed by atoms with van der Waals surface area (Å²) < 4.78 is 30.8. The number of benzene rings is 1. The Morgan fingerprint density at radius 2 is 0.938 bits per heavy atom. The van der Waals surface area contributed by atoms with Gasteiger partial charge in [0.05, 0.1) is 37.6 Å². The minimum atomic E-state index is -0.599. The molecular formula is C22H28O10. The van der Waals surface area contributed by atoms with E-state index in [0.717, 1.165) is 0 Å². The molecule has 0 N–H and O–H groups in total. The topological polar surface area (TPSA) is 124 Å². The summed E-state index contributed by atoms with van der Waals surface area (Å²) in [7, 11) is 0. The summed E-state index contributed by atoms with van der Waals surface area (Å²) in [4.78, 5) is 47.5. The van der Waals surface area contributed by atoms with Gasteiger partial charge in [0.15, 0.2) is 0 Å². The van der Waals surface area contributed by atoms with E-state index in [1.54, 1.807) is 6.07 Å². The van der Waals surface area contributed by atoms with Gasteiger partial charge in [0.2, 0.25) is 0 Å². The molecule has 0 unspecified atom stereocenters. The predicted octanol–water partition coefficient (Wildman–Crippen LogP) is 1.69. The molecule has 0 saturated carbocycles. The molecule has 32 heavy (non-hydrogen) atoms. The van der Waals surface area contributed by atoms with E-state index in [1.165, 1.54) is 18.2 Å². The zero-order valence-corrected chi connectivity index (χ0v) is 17.9. The van der Waals surface area contributed by atoms with Crippen molar-refractivity contribution in [2.24, 2.45) is 0 Å². The highest BCUT2D eigenvalue weighted by atomic mass is 16.6. The van der Waals surface area contributed by atoms with Gasteiger partial charge in [-0.05, 0) is 31.0 Å². The van der Waals surface area contributed by atoms with Crippen molar-refractivity contribution in [3.63, 3.8) is 0 Å². The molecule has 1 aliphatic heterocycles. The Kier molecular flexibility index (Phi) is 11.8. The van der Waals surface area contributed by atoms with E-state index in [4.69, 9.17) is 28.4 Å². The third-order valence-electron chi connectivity index (χ3n) is 4.25. The molecule has 0 atom stereocenters. The molecular weight excluding hydrogens is 424 g/mol. The average molecular weight is 452 g/mol. The van der Waals surface area contributed by atoms with E-state index < -0.39 is 11.9 Å². The maximum absolute atomic E-state index is 12.1. The molecule has 1 heterocycles. The van der Waals surface area contributed by atoms with Crippen LogP contribution in [0, 0.1) is 0 Å². The smallest absolute Gasteiger partial charge is 0.338 e. The highest BCUT2D eigenvalue weighted by Gasteiger charge is 2.13. The molecule has 0 aliphatic carbocycles. The molecule has 0 amide bonds. The van der Waals surface area contributed by atoms with Crippen molar-refractivity contribution < 1.29 is 47.6 Å². The number of ether oxygens (including phenoxy) is 6. The lowest BCUT2D eigenvalue weighted by molar-refractivity contribution is -0.147. The van der Waals surface area contributed by atoms with Crippen LogP contribution in [0.3, 0.4) is 0 Å². The van der Waals surface area contributed by atoms with Crippen LogP contribution in [-0.4, -0.2) is 76.7 Å². The molecule has 176 valence electrons. The fraction of sp³-hybridized carbons (Fsp3) is 0.545. The second kappa shape index (κ2) is 14.9. The van der Waals surface area contributed by atoms with E-state index in [-0.39, 0.29) is 88.8 Å². The molecule has 0 radical (unpaired) electrons. The van der Waals surface area contributed by atoms with Crippen LogP contribution in [0.5, 0.6) is 0 Å². The first-order chi connectivity index (χ1) is 15.6. The summed E-state index contributed by atoms with van der Waals surface area (Å²) in [5.41, 5.74) is 0.411. The van der Waals surface area contributed by atoms with Crippen LogP contribution >= 0.6 is 0 Å². The highest BCUT2D eigenvalue weighted by molar-refractivity contribution is 5.95. The van der Waals surface area contributed by atoms with Gasteiger partial charge in [-0.2, -0.15) is 0 Å². The molecule has 10 nitrogen and oxygen atoms in total. The van der Waals surface area contributed by atoms with Crippen LogP contribution in [0.2, 0.25) is 0 Å². The Balaban J connectivity index is 1.85. The normalized spacial score (nSPS) is 19.4. The molecule has 1 aromatic carbocycles. The molecule has 0 fully saturated rings. The van der Waals surface area contributed by atoms with E-state index in [0.29, 0.717) is 12.8 Å². The third-order valence-corrected chi connectivity index (χ3v) is 4.25. The summed E-state index contributed by atoms with van der Waals surface area (Å²) in [6.07, 6.45) is 1.41. The van der Waals surface area contributed by atoms with Gasteiger partial charge in [-0.15, -0.1) is 0 Å². The van der Waals surface area contributed by atoms with Crippen LogP contribution in [0.4, 0.5) is 0 Å². The zero-order chi connectivity index (χ0) is 23.0. The number of fused-ring (bicyclic) bond motifs is 2. The van der Waals surface area contributed by atoms with Gasteiger partial charge < -0.3 is 28.4 Å². The highest BCUT2D eigenvalue weighted by Crippen LogP contribution is 2.09. The van der Waals surface area contributed by atoms with Crippen molar-refractivity contribution in [1.29, 1.82) is 0 Å². The van der Waals surface area contributed by atoms with Crippen LogP contribution in [0.25, 0.3) is 0 Å². The lowest BCUT2D eigenvalue weighted by Crippen LogP contribution is -2.15. The molecule has 10 heteroatoms. The quantitative estimate of drug-likeness (QED) is 0.424. The number of rotatable bonds is 0. The second-order valence-corrected chi connectivity index (χ2v) is 6.73. The molecule has 1 aromatic rings. The minimum Gasteiger partial charge on any atom is -0.463 e. The SMILES string of the molecule is O=C1CCCCC(=O)OCCOCCOC(=O)c2cccc(c2)C(=O)OCCOCCO1. The zero-order valence-electron chi connectivity index (χ0n) is 17.9. The van der Waals surface area contributed by atoms with Crippen molar-refractivity contribution in [3.8, 4) is 0 Å². The minimum absolute atomic E-state index is 0.00882. The first kappa shape index (κ1) is 25.3. The Labute approximate surface area is 186 Å². The van der Waals surface area contributed by atoms with Gasteiger partial charge in [0.25, 0.3) is 0 Å². The molecule has 0 aromatic heterocycles. The largest absolute Gasteiger partial charge is 0.463 e. The van der Waals surface area contributed by atoms with E-state index >= 15 is 0 Å². The van der Waals surface area contributed by atoms with Crippen molar-refractivity contribution in [2.75, 3.05) is 52.9 Å². The van der Waals surface area contributed by atoms with Gasteiger partial charge >= 0.3 is 23.9 Å². The number of cyclic esters (lactones) is 4. The number of carbonyl (C=O) groups excluding carboxylic acids is 4. The van der Waals surface area contributed by atoms with Crippen molar-refractivity contribution in [2.45, 2.75) is 25.7 Å². The molecule has 0 spiro atoms.